The van der Waals surface area contributed by atoms with Crippen molar-refractivity contribution in [3.8, 4) is 0 Å². The lowest BCUT2D eigenvalue weighted by molar-refractivity contribution is -0.121. The van der Waals surface area contributed by atoms with Crippen LogP contribution in [0, 0.1) is 20.8 Å². The number of carbonyl (C=O) groups is 1. The Kier molecular flexibility index (Phi) is 6.57. The third-order valence-corrected chi connectivity index (χ3v) is 3.50. The van der Waals surface area contributed by atoms with Gasteiger partial charge >= 0.3 is 0 Å². The first kappa shape index (κ1) is 15.7. The predicted octanol–water partition coefficient (Wildman–Crippen LogP) is 2.27. The first-order valence-electron chi connectivity index (χ1n) is 7.02. The van der Waals surface area contributed by atoms with Gasteiger partial charge in [0.1, 0.15) is 0 Å². The van der Waals surface area contributed by atoms with Crippen LogP contribution in [0.2, 0.25) is 0 Å². The molecule has 0 bridgehead atoms. The highest BCUT2D eigenvalue weighted by molar-refractivity contribution is 5.75. The fourth-order valence-electron chi connectivity index (χ4n) is 2.14. The van der Waals surface area contributed by atoms with Crippen molar-refractivity contribution in [2.24, 2.45) is 0 Å². The quantitative estimate of drug-likeness (QED) is 0.740. The van der Waals surface area contributed by atoms with Gasteiger partial charge in [-0.25, -0.2) is 0 Å². The summed E-state index contributed by atoms with van der Waals surface area (Å²) in [5.41, 5.74) is 5.30. The molecule has 2 N–H and O–H groups in total. The summed E-state index contributed by atoms with van der Waals surface area (Å²) in [6.45, 7) is 8.02. The van der Waals surface area contributed by atoms with Gasteiger partial charge in [0, 0.05) is 13.0 Å². The number of carbonyl (C=O) groups excluding carboxylic acids is 1. The maximum absolute atomic E-state index is 11.6. The Morgan fingerprint density at radius 3 is 2.42 bits per heavy atom. The second-order valence-corrected chi connectivity index (χ2v) is 5.17. The fourth-order valence-corrected chi connectivity index (χ4v) is 2.14. The van der Waals surface area contributed by atoms with E-state index in [9.17, 15) is 4.79 Å². The van der Waals surface area contributed by atoms with Crippen molar-refractivity contribution in [2.75, 3.05) is 20.1 Å². The maximum Gasteiger partial charge on any atom is 0.220 e. The molecule has 0 aliphatic rings. The van der Waals surface area contributed by atoms with Gasteiger partial charge in [-0.15, -0.1) is 0 Å². The minimum Gasteiger partial charge on any atom is -0.356 e. The van der Waals surface area contributed by atoms with Crippen molar-refractivity contribution in [1.29, 1.82) is 0 Å². The van der Waals surface area contributed by atoms with Gasteiger partial charge in [-0.1, -0.05) is 12.1 Å². The van der Waals surface area contributed by atoms with Crippen LogP contribution in [-0.2, 0) is 11.2 Å². The van der Waals surface area contributed by atoms with Gasteiger partial charge in [-0.05, 0) is 69.5 Å². The molecule has 19 heavy (non-hydrogen) atoms. The van der Waals surface area contributed by atoms with Gasteiger partial charge in [-0.2, -0.15) is 0 Å². The molecule has 0 atom stereocenters. The van der Waals surface area contributed by atoms with E-state index >= 15 is 0 Å². The Balaban J connectivity index is 2.37. The van der Waals surface area contributed by atoms with Crippen molar-refractivity contribution in [1.82, 2.24) is 10.6 Å². The van der Waals surface area contributed by atoms with E-state index in [1.54, 1.807) is 0 Å². The van der Waals surface area contributed by atoms with Gasteiger partial charge < -0.3 is 10.6 Å². The number of benzene rings is 1. The molecule has 0 fully saturated rings. The fraction of sp³-hybridized carbons (Fsp3) is 0.562. The third-order valence-electron chi connectivity index (χ3n) is 3.50. The Bertz CT molecular complexity index is 427. The molecule has 0 aliphatic heterocycles. The molecule has 0 aliphatic carbocycles. The zero-order valence-electron chi connectivity index (χ0n) is 12.6. The SMILES string of the molecule is CNCCCC(=O)NCCc1cc(C)c(C)cc1C. The predicted molar refractivity (Wildman–Crippen MR) is 80.5 cm³/mol. The summed E-state index contributed by atoms with van der Waals surface area (Å²) in [4.78, 5) is 11.6. The summed E-state index contributed by atoms with van der Waals surface area (Å²) in [5.74, 6) is 0.150. The van der Waals surface area contributed by atoms with Crippen LogP contribution >= 0.6 is 0 Å². The van der Waals surface area contributed by atoms with Crippen molar-refractivity contribution in [2.45, 2.75) is 40.0 Å². The van der Waals surface area contributed by atoms with Crippen LogP contribution < -0.4 is 10.6 Å². The maximum atomic E-state index is 11.6. The lowest BCUT2D eigenvalue weighted by atomic mass is 9.99. The average molecular weight is 262 g/mol. The second-order valence-electron chi connectivity index (χ2n) is 5.17. The molecule has 3 nitrogen and oxygen atoms in total. The first-order chi connectivity index (χ1) is 9.04. The average Bonchev–Trinajstić information content (AvgIpc) is 2.36. The van der Waals surface area contributed by atoms with Crippen LogP contribution in [0.1, 0.15) is 35.1 Å². The molecule has 106 valence electrons. The number of nitrogens with one attached hydrogen (secondary N) is 2. The summed E-state index contributed by atoms with van der Waals surface area (Å²) in [7, 11) is 1.90. The highest BCUT2D eigenvalue weighted by Crippen LogP contribution is 2.15. The normalized spacial score (nSPS) is 10.5. The van der Waals surface area contributed by atoms with Crippen LogP contribution in [0.25, 0.3) is 0 Å². The number of amides is 1. The number of hydrogen-bond donors (Lipinski definition) is 2. The van der Waals surface area contributed by atoms with Crippen LogP contribution in [0.5, 0.6) is 0 Å². The zero-order valence-corrected chi connectivity index (χ0v) is 12.6. The van der Waals surface area contributed by atoms with Crippen molar-refractivity contribution < 1.29 is 4.79 Å². The lowest BCUT2D eigenvalue weighted by Gasteiger charge is -2.10. The minimum atomic E-state index is 0.150. The molecule has 0 unspecified atom stereocenters. The molecule has 1 aromatic rings. The summed E-state index contributed by atoms with van der Waals surface area (Å²) < 4.78 is 0. The van der Waals surface area contributed by atoms with Gasteiger partial charge in [-0.3, -0.25) is 4.79 Å². The van der Waals surface area contributed by atoms with E-state index in [2.05, 4.69) is 43.5 Å². The summed E-state index contributed by atoms with van der Waals surface area (Å²) >= 11 is 0. The molecule has 0 heterocycles. The number of hydrogen-bond acceptors (Lipinski definition) is 2. The molecule has 3 heteroatoms. The van der Waals surface area contributed by atoms with E-state index in [-0.39, 0.29) is 5.91 Å². The number of aryl methyl sites for hydroxylation is 3. The smallest absolute Gasteiger partial charge is 0.220 e. The Labute approximate surface area is 116 Å². The molecule has 1 amide bonds. The third kappa shape index (κ3) is 5.43. The molecule has 0 saturated carbocycles. The van der Waals surface area contributed by atoms with Crippen molar-refractivity contribution in [3.05, 3.63) is 34.4 Å². The van der Waals surface area contributed by atoms with Crippen molar-refractivity contribution >= 4 is 5.91 Å². The molecule has 1 aromatic carbocycles. The largest absolute Gasteiger partial charge is 0.356 e. The van der Waals surface area contributed by atoms with Crippen LogP contribution in [0.15, 0.2) is 12.1 Å². The Morgan fingerprint density at radius 1 is 1.05 bits per heavy atom. The van der Waals surface area contributed by atoms with Gasteiger partial charge in [0.25, 0.3) is 0 Å². The Hall–Kier alpha value is -1.35. The molecule has 1 rings (SSSR count). The van der Waals surface area contributed by atoms with E-state index in [1.165, 1.54) is 22.3 Å². The highest BCUT2D eigenvalue weighted by atomic mass is 16.1. The monoisotopic (exact) mass is 262 g/mol. The summed E-state index contributed by atoms with van der Waals surface area (Å²) in [5, 5.41) is 6.03. The molecular formula is C16H26N2O. The van der Waals surface area contributed by atoms with E-state index < -0.39 is 0 Å². The molecule has 0 spiro atoms. The molecule has 0 aromatic heterocycles. The molecule has 0 radical (unpaired) electrons. The van der Waals surface area contributed by atoms with Crippen molar-refractivity contribution in [3.63, 3.8) is 0 Å². The first-order valence-corrected chi connectivity index (χ1v) is 7.02. The van der Waals surface area contributed by atoms with Crippen LogP contribution in [0.4, 0.5) is 0 Å². The van der Waals surface area contributed by atoms with Gasteiger partial charge in [0.05, 0.1) is 0 Å². The summed E-state index contributed by atoms with van der Waals surface area (Å²) in [6, 6.07) is 4.46. The lowest BCUT2D eigenvalue weighted by Crippen LogP contribution is -2.26. The Morgan fingerprint density at radius 2 is 1.74 bits per heavy atom. The van der Waals surface area contributed by atoms with Crippen LogP contribution in [0.3, 0.4) is 0 Å². The summed E-state index contributed by atoms with van der Waals surface area (Å²) in [6.07, 6.45) is 2.41. The molecular weight excluding hydrogens is 236 g/mol. The highest BCUT2D eigenvalue weighted by Gasteiger charge is 2.04. The minimum absolute atomic E-state index is 0.150. The topological polar surface area (TPSA) is 41.1 Å². The molecule has 0 saturated heterocycles. The second kappa shape index (κ2) is 7.95. The van der Waals surface area contributed by atoms with Crippen LogP contribution in [-0.4, -0.2) is 26.0 Å². The van der Waals surface area contributed by atoms with E-state index in [0.717, 1.165) is 25.9 Å². The van der Waals surface area contributed by atoms with Gasteiger partial charge in [0.2, 0.25) is 5.91 Å². The van der Waals surface area contributed by atoms with E-state index in [1.807, 2.05) is 7.05 Å². The standard InChI is InChI=1S/C16H26N2O/c1-12-10-14(3)15(11-13(12)2)7-9-18-16(19)6-5-8-17-4/h10-11,17H,5-9H2,1-4H3,(H,18,19). The van der Waals surface area contributed by atoms with E-state index in [4.69, 9.17) is 0 Å². The van der Waals surface area contributed by atoms with E-state index in [0.29, 0.717) is 6.42 Å². The van der Waals surface area contributed by atoms with Gasteiger partial charge in [0.15, 0.2) is 0 Å². The number of rotatable bonds is 7. The zero-order chi connectivity index (χ0) is 14.3.